The van der Waals surface area contributed by atoms with Crippen molar-refractivity contribution in [3.8, 4) is 0 Å². The van der Waals surface area contributed by atoms with Crippen LogP contribution < -0.4 is 5.32 Å². The number of piperidine rings is 1. The maximum atomic E-state index is 4.48. The van der Waals surface area contributed by atoms with E-state index in [-0.39, 0.29) is 0 Å². The summed E-state index contributed by atoms with van der Waals surface area (Å²) in [7, 11) is 1.87. The lowest BCUT2D eigenvalue weighted by atomic mass is 10.0. The molecule has 0 bridgehead atoms. The number of likely N-dealkylation sites (tertiary alicyclic amines) is 1. The standard InChI is InChI=1S/C20H29N5/c1-16-6-5-10-25(14-16)20(21-3)23-13-18-7-4-8-19(12-18)15-24-11-9-22-17(24)2/h4,7-9,11-12,16H,5-6,10,13-15H2,1-3H3,(H,21,23). The van der Waals surface area contributed by atoms with Crippen molar-refractivity contribution in [3.05, 3.63) is 53.6 Å². The number of rotatable bonds is 4. The fourth-order valence-electron chi connectivity index (χ4n) is 3.50. The lowest BCUT2D eigenvalue weighted by Gasteiger charge is -2.33. The van der Waals surface area contributed by atoms with Crippen molar-refractivity contribution >= 4 is 5.96 Å². The van der Waals surface area contributed by atoms with Crippen LogP contribution in [0.1, 0.15) is 36.7 Å². The monoisotopic (exact) mass is 339 g/mol. The van der Waals surface area contributed by atoms with Crippen LogP contribution in [0.3, 0.4) is 0 Å². The van der Waals surface area contributed by atoms with Crippen LogP contribution in [0, 0.1) is 12.8 Å². The molecule has 2 heterocycles. The van der Waals surface area contributed by atoms with Crippen LogP contribution in [0.25, 0.3) is 0 Å². The number of nitrogens with zero attached hydrogens (tertiary/aromatic N) is 4. The molecule has 1 aromatic heterocycles. The van der Waals surface area contributed by atoms with Gasteiger partial charge in [-0.2, -0.15) is 0 Å². The molecular weight excluding hydrogens is 310 g/mol. The molecule has 0 radical (unpaired) electrons. The third kappa shape index (κ3) is 4.62. The van der Waals surface area contributed by atoms with Gasteiger partial charge in [0.25, 0.3) is 0 Å². The minimum atomic E-state index is 0.744. The highest BCUT2D eigenvalue weighted by molar-refractivity contribution is 5.80. The molecule has 2 aromatic rings. The SMILES string of the molecule is CN=C(NCc1cccc(Cn2ccnc2C)c1)N1CCCC(C)C1. The Morgan fingerprint density at radius 2 is 2.20 bits per heavy atom. The van der Waals surface area contributed by atoms with Crippen molar-refractivity contribution in [1.29, 1.82) is 0 Å². The van der Waals surface area contributed by atoms with Gasteiger partial charge in [0.2, 0.25) is 0 Å². The van der Waals surface area contributed by atoms with Gasteiger partial charge in [0.05, 0.1) is 0 Å². The summed E-state index contributed by atoms with van der Waals surface area (Å²) in [6.45, 7) is 8.21. The first-order chi connectivity index (χ1) is 12.2. The fourth-order valence-corrected chi connectivity index (χ4v) is 3.50. The first-order valence-electron chi connectivity index (χ1n) is 9.17. The van der Waals surface area contributed by atoms with Crippen molar-refractivity contribution in [2.75, 3.05) is 20.1 Å². The molecule has 3 rings (SSSR count). The van der Waals surface area contributed by atoms with Crippen LogP contribution >= 0.6 is 0 Å². The molecule has 1 atom stereocenters. The zero-order valence-electron chi connectivity index (χ0n) is 15.6. The van der Waals surface area contributed by atoms with Gasteiger partial charge in [0.15, 0.2) is 5.96 Å². The Morgan fingerprint density at radius 3 is 2.92 bits per heavy atom. The van der Waals surface area contributed by atoms with E-state index in [0.717, 1.165) is 43.9 Å². The molecule has 0 spiro atoms. The van der Waals surface area contributed by atoms with Gasteiger partial charge < -0.3 is 14.8 Å². The first kappa shape index (κ1) is 17.5. The number of aromatic nitrogens is 2. The first-order valence-corrected chi connectivity index (χ1v) is 9.17. The van der Waals surface area contributed by atoms with Crippen molar-refractivity contribution in [2.45, 2.75) is 39.8 Å². The highest BCUT2D eigenvalue weighted by atomic mass is 15.3. The van der Waals surface area contributed by atoms with Gasteiger partial charge in [0, 0.05) is 45.6 Å². The number of imidazole rings is 1. The molecule has 1 saturated heterocycles. The molecule has 1 N–H and O–H groups in total. The fraction of sp³-hybridized carbons (Fsp3) is 0.500. The minimum Gasteiger partial charge on any atom is -0.352 e. The topological polar surface area (TPSA) is 45.5 Å². The Hall–Kier alpha value is -2.30. The number of hydrogen-bond donors (Lipinski definition) is 1. The molecule has 25 heavy (non-hydrogen) atoms. The van der Waals surface area contributed by atoms with Gasteiger partial charge in [-0.25, -0.2) is 4.98 Å². The number of hydrogen-bond acceptors (Lipinski definition) is 2. The molecule has 0 amide bonds. The molecule has 0 aliphatic carbocycles. The molecule has 134 valence electrons. The highest BCUT2D eigenvalue weighted by Crippen LogP contribution is 2.15. The van der Waals surface area contributed by atoms with E-state index in [9.17, 15) is 0 Å². The van der Waals surface area contributed by atoms with E-state index in [4.69, 9.17) is 0 Å². The maximum Gasteiger partial charge on any atom is 0.193 e. The summed E-state index contributed by atoms with van der Waals surface area (Å²) in [5, 5.41) is 3.53. The lowest BCUT2D eigenvalue weighted by Crippen LogP contribution is -2.45. The number of guanidine groups is 1. The summed E-state index contributed by atoms with van der Waals surface area (Å²) in [6.07, 6.45) is 6.45. The van der Waals surface area contributed by atoms with E-state index >= 15 is 0 Å². The molecule has 5 nitrogen and oxygen atoms in total. The summed E-state index contributed by atoms with van der Waals surface area (Å²) in [6, 6.07) is 8.73. The van der Waals surface area contributed by atoms with Crippen LogP contribution in [0.4, 0.5) is 0 Å². The Morgan fingerprint density at radius 1 is 1.36 bits per heavy atom. The Bertz CT molecular complexity index is 718. The lowest BCUT2D eigenvalue weighted by molar-refractivity contribution is 0.266. The maximum absolute atomic E-state index is 4.48. The molecule has 1 aliphatic heterocycles. The zero-order valence-corrected chi connectivity index (χ0v) is 15.6. The zero-order chi connectivity index (χ0) is 17.6. The third-order valence-electron chi connectivity index (χ3n) is 4.89. The molecular formula is C20H29N5. The van der Waals surface area contributed by atoms with Gasteiger partial charge in [-0.15, -0.1) is 0 Å². The van der Waals surface area contributed by atoms with Gasteiger partial charge >= 0.3 is 0 Å². The van der Waals surface area contributed by atoms with Crippen LogP contribution in [0.5, 0.6) is 0 Å². The average Bonchev–Trinajstić information content (AvgIpc) is 3.01. The van der Waals surface area contributed by atoms with Crippen LogP contribution in [0.2, 0.25) is 0 Å². The van der Waals surface area contributed by atoms with Crippen LogP contribution in [-0.4, -0.2) is 40.5 Å². The predicted molar refractivity (Wildman–Crippen MR) is 103 cm³/mol. The van der Waals surface area contributed by atoms with E-state index in [0.29, 0.717) is 0 Å². The van der Waals surface area contributed by atoms with E-state index in [1.54, 1.807) is 0 Å². The predicted octanol–water partition coefficient (Wildman–Crippen LogP) is 3.05. The second-order valence-corrected chi connectivity index (χ2v) is 7.02. The number of aryl methyl sites for hydroxylation is 1. The second-order valence-electron chi connectivity index (χ2n) is 7.02. The Labute approximate surface area is 150 Å². The number of aliphatic imine (C=N–C) groups is 1. The van der Waals surface area contributed by atoms with E-state index < -0.39 is 0 Å². The average molecular weight is 339 g/mol. The second kappa shape index (κ2) is 8.19. The summed E-state index contributed by atoms with van der Waals surface area (Å²) in [4.78, 5) is 11.1. The quantitative estimate of drug-likeness (QED) is 0.688. The van der Waals surface area contributed by atoms with Crippen molar-refractivity contribution in [2.24, 2.45) is 10.9 Å². The highest BCUT2D eigenvalue weighted by Gasteiger charge is 2.18. The van der Waals surface area contributed by atoms with E-state index in [2.05, 4.69) is 55.9 Å². The molecule has 5 heteroatoms. The largest absolute Gasteiger partial charge is 0.352 e. The van der Waals surface area contributed by atoms with Crippen LogP contribution in [0.15, 0.2) is 41.7 Å². The van der Waals surface area contributed by atoms with E-state index in [1.165, 1.54) is 24.0 Å². The van der Waals surface area contributed by atoms with Gasteiger partial charge in [-0.3, -0.25) is 4.99 Å². The molecule has 1 aromatic carbocycles. The molecule has 1 fully saturated rings. The Balaban J connectivity index is 1.61. The number of benzene rings is 1. The van der Waals surface area contributed by atoms with Gasteiger partial charge in [0.1, 0.15) is 5.82 Å². The van der Waals surface area contributed by atoms with Crippen molar-refractivity contribution in [1.82, 2.24) is 19.8 Å². The smallest absolute Gasteiger partial charge is 0.193 e. The normalized spacial score (nSPS) is 18.4. The summed E-state index contributed by atoms with van der Waals surface area (Å²) >= 11 is 0. The molecule has 1 aliphatic rings. The number of nitrogens with one attached hydrogen (secondary N) is 1. The van der Waals surface area contributed by atoms with Crippen molar-refractivity contribution in [3.63, 3.8) is 0 Å². The summed E-state index contributed by atoms with van der Waals surface area (Å²) in [5.41, 5.74) is 2.57. The minimum absolute atomic E-state index is 0.744. The Kier molecular flexibility index (Phi) is 5.74. The van der Waals surface area contributed by atoms with E-state index in [1.807, 2.05) is 26.4 Å². The van der Waals surface area contributed by atoms with Gasteiger partial charge in [-0.05, 0) is 36.8 Å². The van der Waals surface area contributed by atoms with Crippen molar-refractivity contribution < 1.29 is 0 Å². The summed E-state index contributed by atoms with van der Waals surface area (Å²) < 4.78 is 2.17. The summed E-state index contributed by atoms with van der Waals surface area (Å²) in [5.74, 6) is 2.81. The third-order valence-corrected chi connectivity index (χ3v) is 4.89. The molecule has 0 saturated carbocycles. The van der Waals surface area contributed by atoms with Gasteiger partial charge in [-0.1, -0.05) is 31.2 Å². The molecule has 1 unspecified atom stereocenters. The van der Waals surface area contributed by atoms with Crippen LogP contribution in [-0.2, 0) is 13.1 Å².